The fourth-order valence-electron chi connectivity index (χ4n) is 3.90. The molecule has 0 unspecified atom stereocenters. The number of carbonyl (C=O) groups excluding carboxylic acids is 1. The minimum Gasteiger partial charge on any atom is -0.497 e. The van der Waals surface area contributed by atoms with Gasteiger partial charge in [0.25, 0.3) is 0 Å². The van der Waals surface area contributed by atoms with Crippen LogP contribution in [0, 0.1) is 0 Å². The van der Waals surface area contributed by atoms with Gasteiger partial charge in [0.15, 0.2) is 11.0 Å². The monoisotopic (exact) mass is 486 g/mol. The highest BCUT2D eigenvalue weighted by Gasteiger charge is 2.25. The van der Waals surface area contributed by atoms with E-state index < -0.39 is 0 Å². The molecule has 0 saturated carbocycles. The van der Waals surface area contributed by atoms with E-state index in [9.17, 15) is 4.79 Å². The topological polar surface area (TPSA) is 60.2 Å². The Kier molecular flexibility index (Phi) is 8.21. The molecular formula is C28H30N4O2S. The van der Waals surface area contributed by atoms with Crippen molar-refractivity contribution < 1.29 is 9.53 Å². The highest BCUT2D eigenvalue weighted by Crippen LogP contribution is 2.29. The van der Waals surface area contributed by atoms with Crippen LogP contribution in [0.1, 0.15) is 25.0 Å². The summed E-state index contributed by atoms with van der Waals surface area (Å²) in [6, 6.07) is 28.0. The lowest BCUT2D eigenvalue weighted by molar-refractivity contribution is -0.131. The molecule has 0 aliphatic rings. The van der Waals surface area contributed by atoms with Gasteiger partial charge in [0.05, 0.1) is 12.4 Å². The van der Waals surface area contributed by atoms with Crippen LogP contribution < -0.4 is 4.74 Å². The number of aromatic nitrogens is 3. The lowest BCUT2D eigenvalue weighted by atomic mass is 10.1. The summed E-state index contributed by atoms with van der Waals surface area (Å²) in [5.41, 5.74) is 3.17. The van der Waals surface area contributed by atoms with Crippen molar-refractivity contribution in [1.29, 1.82) is 0 Å². The zero-order valence-corrected chi connectivity index (χ0v) is 21.1. The summed E-state index contributed by atoms with van der Waals surface area (Å²) in [6.45, 7) is 5.81. The molecule has 0 spiro atoms. The van der Waals surface area contributed by atoms with Crippen LogP contribution in [0.25, 0.3) is 11.4 Å². The maximum atomic E-state index is 13.6. The highest BCUT2D eigenvalue weighted by molar-refractivity contribution is 8.00. The van der Waals surface area contributed by atoms with Gasteiger partial charge in [0.2, 0.25) is 5.91 Å². The van der Waals surface area contributed by atoms with Crippen LogP contribution in [0.2, 0.25) is 0 Å². The predicted molar refractivity (Wildman–Crippen MR) is 140 cm³/mol. The zero-order valence-electron chi connectivity index (χ0n) is 20.3. The number of nitrogens with zero attached hydrogens (tertiary/aromatic N) is 4. The number of ether oxygens (including phenoxy) is 1. The van der Waals surface area contributed by atoms with E-state index in [4.69, 9.17) is 4.74 Å². The van der Waals surface area contributed by atoms with E-state index >= 15 is 0 Å². The van der Waals surface area contributed by atoms with Gasteiger partial charge < -0.3 is 14.2 Å². The van der Waals surface area contributed by atoms with Crippen LogP contribution in [0.15, 0.2) is 90.1 Å². The number of amides is 1. The van der Waals surface area contributed by atoms with E-state index in [2.05, 4.69) is 46.0 Å². The number of hydrogen-bond donors (Lipinski definition) is 0. The molecule has 1 amide bonds. The van der Waals surface area contributed by atoms with Crippen LogP contribution in [-0.2, 0) is 24.4 Å². The number of carbonyl (C=O) groups is 1. The van der Waals surface area contributed by atoms with Gasteiger partial charge in [-0.25, -0.2) is 0 Å². The Hall–Kier alpha value is -3.58. The summed E-state index contributed by atoms with van der Waals surface area (Å²) in [5, 5.41) is 9.28. The standard InChI is InChI=1S/C28H30N4O2S/c1-4-32-26(24-15-17-25(34-3)18-16-24)29-30-28(32)35-21(2)27(33)31(19-22-11-7-5-8-12-22)20-23-13-9-6-10-14-23/h5-18,21H,4,19-20H2,1-3H3/t21-/m1/s1. The summed E-state index contributed by atoms with van der Waals surface area (Å²) >= 11 is 1.45. The van der Waals surface area contributed by atoms with Crippen molar-refractivity contribution in [3.63, 3.8) is 0 Å². The van der Waals surface area contributed by atoms with Crippen molar-refractivity contribution in [2.45, 2.75) is 43.9 Å². The minimum absolute atomic E-state index is 0.0688. The fraction of sp³-hybridized carbons (Fsp3) is 0.250. The van der Waals surface area contributed by atoms with Gasteiger partial charge in [-0.05, 0) is 49.2 Å². The third-order valence-electron chi connectivity index (χ3n) is 5.76. The summed E-state index contributed by atoms with van der Waals surface area (Å²) in [5.74, 6) is 1.64. The van der Waals surface area contributed by atoms with Gasteiger partial charge in [0, 0.05) is 25.2 Å². The maximum Gasteiger partial charge on any atom is 0.236 e. The Morgan fingerprint density at radius 1 is 0.914 bits per heavy atom. The summed E-state index contributed by atoms with van der Waals surface area (Å²) < 4.78 is 7.31. The normalized spacial score (nSPS) is 11.7. The number of methoxy groups -OCH3 is 1. The van der Waals surface area contributed by atoms with Gasteiger partial charge in [-0.15, -0.1) is 10.2 Å². The van der Waals surface area contributed by atoms with E-state index in [1.807, 2.05) is 72.5 Å². The van der Waals surface area contributed by atoms with Crippen LogP contribution in [0.5, 0.6) is 5.75 Å². The molecule has 180 valence electrons. The van der Waals surface area contributed by atoms with E-state index in [0.29, 0.717) is 19.6 Å². The number of benzene rings is 3. The molecule has 0 aliphatic heterocycles. The Labute approximate surface area is 211 Å². The quantitative estimate of drug-likeness (QED) is 0.270. The molecule has 3 aromatic carbocycles. The second-order valence-corrected chi connectivity index (χ2v) is 9.51. The predicted octanol–water partition coefficient (Wildman–Crippen LogP) is 5.68. The molecular weight excluding hydrogens is 456 g/mol. The first-order valence-corrected chi connectivity index (χ1v) is 12.6. The Morgan fingerprint density at radius 3 is 2.00 bits per heavy atom. The molecule has 1 atom stereocenters. The van der Waals surface area contributed by atoms with Crippen LogP contribution >= 0.6 is 11.8 Å². The van der Waals surface area contributed by atoms with Gasteiger partial charge in [-0.1, -0.05) is 72.4 Å². The smallest absolute Gasteiger partial charge is 0.236 e. The number of rotatable bonds is 10. The van der Waals surface area contributed by atoms with E-state index in [0.717, 1.165) is 33.4 Å². The average molecular weight is 487 g/mol. The zero-order chi connectivity index (χ0) is 24.6. The first-order chi connectivity index (χ1) is 17.1. The molecule has 7 heteroatoms. The molecule has 4 rings (SSSR count). The summed E-state index contributed by atoms with van der Waals surface area (Å²) in [4.78, 5) is 15.6. The van der Waals surface area contributed by atoms with Crippen molar-refractivity contribution in [1.82, 2.24) is 19.7 Å². The van der Waals surface area contributed by atoms with Crippen molar-refractivity contribution in [2.24, 2.45) is 0 Å². The molecule has 1 aromatic heterocycles. The third kappa shape index (κ3) is 6.11. The molecule has 0 aliphatic carbocycles. The summed E-state index contributed by atoms with van der Waals surface area (Å²) in [6.07, 6.45) is 0. The third-order valence-corrected chi connectivity index (χ3v) is 6.82. The van der Waals surface area contributed by atoms with E-state index in [1.165, 1.54) is 11.8 Å². The largest absolute Gasteiger partial charge is 0.497 e. The van der Waals surface area contributed by atoms with Crippen LogP contribution in [0.3, 0.4) is 0 Å². The van der Waals surface area contributed by atoms with Crippen LogP contribution in [-0.4, -0.2) is 37.9 Å². The average Bonchev–Trinajstić information content (AvgIpc) is 3.31. The molecule has 4 aromatic rings. The number of thioether (sulfide) groups is 1. The second kappa shape index (κ2) is 11.7. The molecule has 35 heavy (non-hydrogen) atoms. The molecule has 0 radical (unpaired) electrons. The van der Waals surface area contributed by atoms with Crippen molar-refractivity contribution >= 4 is 17.7 Å². The Bertz CT molecular complexity index is 1190. The van der Waals surface area contributed by atoms with Gasteiger partial charge in [-0.2, -0.15) is 0 Å². The van der Waals surface area contributed by atoms with Crippen molar-refractivity contribution in [3.05, 3.63) is 96.1 Å². The Balaban J connectivity index is 1.54. The van der Waals surface area contributed by atoms with E-state index in [1.54, 1.807) is 7.11 Å². The molecule has 0 bridgehead atoms. The lowest BCUT2D eigenvalue weighted by Gasteiger charge is -2.26. The maximum absolute atomic E-state index is 13.6. The SMILES string of the molecule is CCn1c(S[C@H](C)C(=O)N(Cc2ccccc2)Cc2ccccc2)nnc1-c1ccc(OC)cc1. The first-order valence-electron chi connectivity index (χ1n) is 11.7. The Morgan fingerprint density at radius 2 is 1.49 bits per heavy atom. The molecule has 6 nitrogen and oxygen atoms in total. The minimum atomic E-state index is -0.319. The molecule has 0 fully saturated rings. The fourth-order valence-corrected chi connectivity index (χ4v) is 4.90. The first kappa shape index (κ1) is 24.5. The van der Waals surface area contributed by atoms with Gasteiger partial charge in [-0.3, -0.25) is 4.79 Å². The molecule has 1 heterocycles. The van der Waals surface area contributed by atoms with E-state index in [-0.39, 0.29) is 11.2 Å². The van der Waals surface area contributed by atoms with Gasteiger partial charge >= 0.3 is 0 Å². The number of hydrogen-bond acceptors (Lipinski definition) is 5. The summed E-state index contributed by atoms with van der Waals surface area (Å²) in [7, 11) is 1.65. The van der Waals surface area contributed by atoms with Crippen molar-refractivity contribution in [3.8, 4) is 17.1 Å². The highest BCUT2D eigenvalue weighted by atomic mass is 32.2. The molecule has 0 N–H and O–H groups in total. The van der Waals surface area contributed by atoms with Crippen LogP contribution in [0.4, 0.5) is 0 Å². The molecule has 0 saturated heterocycles. The van der Waals surface area contributed by atoms with Gasteiger partial charge in [0.1, 0.15) is 5.75 Å². The lowest BCUT2D eigenvalue weighted by Crippen LogP contribution is -2.35. The second-order valence-electron chi connectivity index (χ2n) is 8.20. The van der Waals surface area contributed by atoms with Crippen molar-refractivity contribution in [2.75, 3.05) is 7.11 Å².